The fourth-order valence-corrected chi connectivity index (χ4v) is 3.47. The Bertz CT molecular complexity index is 522. The predicted molar refractivity (Wildman–Crippen MR) is 82.1 cm³/mol. The molecule has 2 amide bonds. The fraction of sp³-hybridized carbons (Fsp3) is 0.438. The fourth-order valence-electron chi connectivity index (χ4n) is 3.34. The van der Waals surface area contributed by atoms with Crippen molar-refractivity contribution in [2.24, 2.45) is 0 Å². The van der Waals surface area contributed by atoms with E-state index in [2.05, 4.69) is 18.3 Å². The Kier molecular flexibility index (Phi) is 3.70. The van der Waals surface area contributed by atoms with Gasteiger partial charge in [-0.3, -0.25) is 0 Å². The number of hydrogen-bond acceptors (Lipinski definition) is 1. The van der Waals surface area contributed by atoms with Gasteiger partial charge in [0.25, 0.3) is 0 Å². The molecule has 0 aliphatic carbocycles. The third-order valence-corrected chi connectivity index (χ3v) is 4.61. The Morgan fingerprint density at radius 1 is 1.25 bits per heavy atom. The number of rotatable bonds is 1. The molecule has 2 saturated heterocycles. The van der Waals surface area contributed by atoms with Gasteiger partial charge in [0.15, 0.2) is 0 Å². The zero-order valence-corrected chi connectivity index (χ0v) is 12.4. The molecule has 4 heteroatoms. The molecule has 3 nitrogen and oxygen atoms in total. The van der Waals surface area contributed by atoms with Crippen molar-refractivity contribution < 1.29 is 4.79 Å². The van der Waals surface area contributed by atoms with Crippen LogP contribution in [0.1, 0.15) is 32.6 Å². The lowest BCUT2D eigenvalue weighted by Crippen LogP contribution is -2.46. The summed E-state index contributed by atoms with van der Waals surface area (Å²) in [6.07, 6.45) is 6.51. The molecule has 2 fully saturated rings. The highest BCUT2D eigenvalue weighted by molar-refractivity contribution is 6.30. The molecule has 2 atom stereocenters. The van der Waals surface area contributed by atoms with E-state index in [0.717, 1.165) is 31.4 Å². The molecule has 0 radical (unpaired) electrons. The molecule has 0 spiro atoms. The summed E-state index contributed by atoms with van der Waals surface area (Å²) in [5.74, 6) is 0. The van der Waals surface area contributed by atoms with E-state index in [-0.39, 0.29) is 6.03 Å². The average molecular weight is 291 g/mol. The number of urea groups is 1. The molecule has 2 bridgehead atoms. The third-order valence-electron chi connectivity index (χ3n) is 4.35. The van der Waals surface area contributed by atoms with E-state index in [1.165, 1.54) is 5.57 Å². The van der Waals surface area contributed by atoms with Crippen molar-refractivity contribution >= 4 is 23.3 Å². The van der Waals surface area contributed by atoms with Crippen LogP contribution < -0.4 is 5.32 Å². The van der Waals surface area contributed by atoms with Crippen LogP contribution >= 0.6 is 11.6 Å². The van der Waals surface area contributed by atoms with Gasteiger partial charge >= 0.3 is 6.03 Å². The summed E-state index contributed by atoms with van der Waals surface area (Å²) < 4.78 is 0. The van der Waals surface area contributed by atoms with Crippen molar-refractivity contribution in [2.75, 3.05) is 5.32 Å². The number of benzene rings is 1. The number of nitrogens with one attached hydrogen (secondary N) is 1. The van der Waals surface area contributed by atoms with Gasteiger partial charge in [-0.25, -0.2) is 4.79 Å². The summed E-state index contributed by atoms with van der Waals surface area (Å²) in [6.45, 7) is 2.10. The molecular formula is C16H19ClN2O. The van der Waals surface area contributed by atoms with Crippen molar-refractivity contribution in [1.82, 2.24) is 4.90 Å². The van der Waals surface area contributed by atoms with E-state index in [4.69, 9.17) is 11.6 Å². The lowest BCUT2D eigenvalue weighted by molar-refractivity contribution is 0.174. The Balaban J connectivity index is 1.71. The van der Waals surface area contributed by atoms with Gasteiger partial charge in [0.1, 0.15) is 0 Å². The largest absolute Gasteiger partial charge is 0.322 e. The highest BCUT2D eigenvalue weighted by Crippen LogP contribution is 2.38. The minimum absolute atomic E-state index is 0.0231. The second kappa shape index (κ2) is 5.49. The van der Waals surface area contributed by atoms with Gasteiger partial charge in [-0.15, -0.1) is 0 Å². The molecule has 20 heavy (non-hydrogen) atoms. The zero-order valence-electron chi connectivity index (χ0n) is 11.6. The minimum Gasteiger partial charge on any atom is -0.318 e. The molecule has 106 valence electrons. The van der Waals surface area contributed by atoms with Crippen molar-refractivity contribution in [3.8, 4) is 0 Å². The summed E-state index contributed by atoms with van der Waals surface area (Å²) in [6, 6.07) is 8.02. The van der Waals surface area contributed by atoms with Gasteiger partial charge in [0.05, 0.1) is 0 Å². The zero-order chi connectivity index (χ0) is 14.1. The van der Waals surface area contributed by atoms with Crippen LogP contribution in [-0.2, 0) is 0 Å². The van der Waals surface area contributed by atoms with Crippen LogP contribution in [0, 0.1) is 0 Å². The molecule has 2 aliphatic heterocycles. The summed E-state index contributed by atoms with van der Waals surface area (Å²) >= 11 is 5.86. The normalized spacial score (nSPS) is 24.7. The number of carbonyl (C=O) groups is 1. The third kappa shape index (κ3) is 2.55. The number of piperidine rings is 1. The number of allylic oxidation sites excluding steroid dienone is 1. The number of nitrogens with zero attached hydrogens (tertiary/aromatic N) is 1. The maximum Gasteiger partial charge on any atom is 0.322 e. The second-order valence-corrected chi connectivity index (χ2v) is 6.02. The number of carbonyl (C=O) groups excluding carboxylic acids is 1. The lowest BCUT2D eigenvalue weighted by atomic mass is 9.97. The molecule has 2 unspecified atom stereocenters. The quantitative estimate of drug-likeness (QED) is 0.762. The van der Waals surface area contributed by atoms with Gasteiger partial charge in [-0.05, 0) is 56.9 Å². The van der Waals surface area contributed by atoms with E-state index in [1.807, 2.05) is 17.0 Å². The number of fused-ring (bicyclic) bond motifs is 2. The van der Waals surface area contributed by atoms with Crippen molar-refractivity contribution in [2.45, 2.75) is 44.7 Å². The summed E-state index contributed by atoms with van der Waals surface area (Å²) in [7, 11) is 0. The molecule has 0 saturated carbocycles. The maximum absolute atomic E-state index is 12.5. The molecule has 3 rings (SSSR count). The summed E-state index contributed by atoms with van der Waals surface area (Å²) in [5.41, 5.74) is 2.30. The standard InChI is InChI=1S/C16H19ClN2O/c1-2-11-9-14-7-8-15(10-11)19(14)16(20)18-13-5-3-12(17)4-6-13/h2-6,14-15H,7-10H2,1H3,(H,18,20). The van der Waals surface area contributed by atoms with E-state index >= 15 is 0 Å². The maximum atomic E-state index is 12.5. The van der Waals surface area contributed by atoms with Crippen LogP contribution in [0.25, 0.3) is 0 Å². The van der Waals surface area contributed by atoms with Crippen LogP contribution in [0.2, 0.25) is 5.02 Å². The first-order chi connectivity index (χ1) is 9.67. The van der Waals surface area contributed by atoms with Gasteiger partial charge in [-0.1, -0.05) is 23.3 Å². The summed E-state index contributed by atoms with van der Waals surface area (Å²) in [5, 5.41) is 3.66. The monoisotopic (exact) mass is 290 g/mol. The van der Waals surface area contributed by atoms with Crippen LogP contribution in [-0.4, -0.2) is 23.0 Å². The van der Waals surface area contributed by atoms with Crippen LogP contribution in [0.5, 0.6) is 0 Å². The SMILES string of the molecule is CC=C1CC2CCC(C1)N2C(=O)Nc1ccc(Cl)cc1. The van der Waals surface area contributed by atoms with Crippen molar-refractivity contribution in [3.63, 3.8) is 0 Å². The van der Waals surface area contributed by atoms with Crippen LogP contribution in [0.3, 0.4) is 0 Å². The topological polar surface area (TPSA) is 32.3 Å². The first-order valence-corrected chi connectivity index (χ1v) is 7.54. The Hall–Kier alpha value is -1.48. The number of anilines is 1. The van der Waals surface area contributed by atoms with Crippen molar-refractivity contribution in [1.29, 1.82) is 0 Å². The van der Waals surface area contributed by atoms with Crippen molar-refractivity contribution in [3.05, 3.63) is 40.9 Å². The van der Waals surface area contributed by atoms with Crippen LogP contribution in [0.15, 0.2) is 35.9 Å². The number of amides is 2. The van der Waals surface area contributed by atoms with E-state index in [1.54, 1.807) is 12.1 Å². The summed E-state index contributed by atoms with van der Waals surface area (Å²) in [4.78, 5) is 14.5. The predicted octanol–water partition coefficient (Wildman–Crippen LogP) is 4.45. The van der Waals surface area contributed by atoms with Gasteiger partial charge in [0, 0.05) is 22.8 Å². The number of hydrogen-bond donors (Lipinski definition) is 1. The van der Waals surface area contributed by atoms with Crippen LogP contribution in [0.4, 0.5) is 10.5 Å². The minimum atomic E-state index is 0.0231. The first kappa shape index (κ1) is 13.5. The molecule has 1 aromatic carbocycles. The molecular weight excluding hydrogens is 272 g/mol. The van der Waals surface area contributed by atoms with E-state index in [9.17, 15) is 4.79 Å². The number of halogens is 1. The molecule has 0 aromatic heterocycles. The van der Waals surface area contributed by atoms with E-state index in [0.29, 0.717) is 17.1 Å². The molecule has 2 heterocycles. The van der Waals surface area contributed by atoms with Gasteiger partial charge < -0.3 is 10.2 Å². The molecule has 1 aromatic rings. The Labute approximate surface area is 124 Å². The smallest absolute Gasteiger partial charge is 0.318 e. The van der Waals surface area contributed by atoms with Gasteiger partial charge in [-0.2, -0.15) is 0 Å². The Morgan fingerprint density at radius 3 is 2.40 bits per heavy atom. The van der Waals surface area contributed by atoms with E-state index < -0.39 is 0 Å². The highest BCUT2D eigenvalue weighted by atomic mass is 35.5. The second-order valence-electron chi connectivity index (χ2n) is 5.58. The average Bonchev–Trinajstić information content (AvgIpc) is 2.72. The lowest BCUT2D eigenvalue weighted by Gasteiger charge is -2.36. The molecule has 1 N–H and O–H groups in total. The van der Waals surface area contributed by atoms with Gasteiger partial charge in [0.2, 0.25) is 0 Å². The highest BCUT2D eigenvalue weighted by Gasteiger charge is 2.41. The Morgan fingerprint density at radius 2 is 1.85 bits per heavy atom. The molecule has 2 aliphatic rings. The first-order valence-electron chi connectivity index (χ1n) is 7.16.